The first kappa shape index (κ1) is 18.6. The molecule has 0 heterocycles. The van der Waals surface area contributed by atoms with E-state index in [0.717, 1.165) is 0 Å². The summed E-state index contributed by atoms with van der Waals surface area (Å²) < 4.78 is 4.76. The number of likely N-dealkylation sites (N-methyl/N-ethyl adjacent to an activating group) is 1. The molecule has 0 saturated carbocycles. The first-order chi connectivity index (χ1) is 9.46. The summed E-state index contributed by atoms with van der Waals surface area (Å²) >= 11 is 1.50. The minimum Gasteiger partial charge on any atom is -0.480 e. The molecule has 0 saturated heterocycles. The van der Waals surface area contributed by atoms with Crippen LogP contribution in [0.15, 0.2) is 0 Å². The van der Waals surface area contributed by atoms with Crippen LogP contribution in [0.3, 0.4) is 0 Å². The van der Waals surface area contributed by atoms with Crippen molar-refractivity contribution >= 4 is 29.7 Å². The molecule has 20 heavy (non-hydrogen) atoms. The average Bonchev–Trinajstić information content (AvgIpc) is 2.40. The van der Waals surface area contributed by atoms with E-state index in [0.29, 0.717) is 18.7 Å². The van der Waals surface area contributed by atoms with Crippen molar-refractivity contribution in [1.29, 1.82) is 0 Å². The van der Waals surface area contributed by atoms with Crippen molar-refractivity contribution in [3.8, 4) is 0 Å². The maximum Gasteiger partial charge on any atom is 0.326 e. The molecule has 1 atom stereocenters. The SMILES string of the molecule is CCOC(=O)CN(CC)C(=O)N[C@H](CCSC)C(=O)O. The zero-order valence-corrected chi connectivity index (χ0v) is 12.9. The number of rotatable bonds is 9. The van der Waals surface area contributed by atoms with E-state index in [2.05, 4.69) is 5.32 Å². The van der Waals surface area contributed by atoms with Gasteiger partial charge < -0.3 is 20.1 Å². The third-order valence-corrected chi connectivity index (χ3v) is 3.14. The van der Waals surface area contributed by atoms with Crippen LogP contribution in [0.1, 0.15) is 20.3 Å². The molecule has 0 unspecified atom stereocenters. The number of urea groups is 1. The summed E-state index contributed by atoms with van der Waals surface area (Å²) in [6.45, 7) is 3.72. The normalized spacial score (nSPS) is 11.6. The van der Waals surface area contributed by atoms with E-state index in [1.165, 1.54) is 16.7 Å². The van der Waals surface area contributed by atoms with Gasteiger partial charge in [-0.25, -0.2) is 9.59 Å². The average molecular weight is 306 g/mol. The number of hydrogen-bond acceptors (Lipinski definition) is 5. The second-order valence-corrected chi connectivity index (χ2v) is 4.93. The van der Waals surface area contributed by atoms with Gasteiger partial charge in [0.05, 0.1) is 6.61 Å². The molecule has 0 aliphatic carbocycles. The number of carboxylic acid groups (broad SMARTS) is 1. The fraction of sp³-hybridized carbons (Fsp3) is 0.750. The quantitative estimate of drug-likeness (QED) is 0.611. The Labute approximate surface area is 123 Å². The largest absolute Gasteiger partial charge is 0.480 e. The number of amides is 2. The van der Waals surface area contributed by atoms with E-state index in [4.69, 9.17) is 9.84 Å². The fourth-order valence-electron chi connectivity index (χ4n) is 1.42. The Morgan fingerprint density at radius 2 is 2.00 bits per heavy atom. The van der Waals surface area contributed by atoms with Crippen LogP contribution in [0.2, 0.25) is 0 Å². The fourth-order valence-corrected chi connectivity index (χ4v) is 1.89. The van der Waals surface area contributed by atoms with Gasteiger partial charge in [0.1, 0.15) is 12.6 Å². The maximum absolute atomic E-state index is 11.9. The molecule has 0 aliphatic heterocycles. The van der Waals surface area contributed by atoms with Crippen molar-refractivity contribution < 1.29 is 24.2 Å². The Morgan fingerprint density at radius 1 is 1.35 bits per heavy atom. The highest BCUT2D eigenvalue weighted by atomic mass is 32.2. The van der Waals surface area contributed by atoms with Crippen molar-refractivity contribution in [3.05, 3.63) is 0 Å². The standard InChI is InChI=1S/C12H22N2O5S/c1-4-14(8-10(15)19-5-2)12(18)13-9(11(16)17)6-7-20-3/h9H,4-8H2,1-3H3,(H,13,18)(H,16,17)/t9-/m1/s1. The Balaban J connectivity index is 4.50. The van der Waals surface area contributed by atoms with Crippen LogP contribution in [0.25, 0.3) is 0 Å². The number of carboxylic acids is 1. The Kier molecular flexibility index (Phi) is 9.61. The molecule has 2 amide bonds. The molecule has 2 N–H and O–H groups in total. The van der Waals surface area contributed by atoms with Gasteiger partial charge in [-0.15, -0.1) is 0 Å². The Morgan fingerprint density at radius 3 is 2.45 bits per heavy atom. The summed E-state index contributed by atoms with van der Waals surface area (Å²) in [5.74, 6) is -0.971. The number of thioether (sulfide) groups is 1. The molecular formula is C12H22N2O5S. The number of esters is 1. The van der Waals surface area contributed by atoms with Gasteiger partial charge in [-0.2, -0.15) is 11.8 Å². The summed E-state index contributed by atoms with van der Waals surface area (Å²) in [6.07, 6.45) is 2.19. The van der Waals surface area contributed by atoms with Gasteiger partial charge in [-0.1, -0.05) is 0 Å². The molecule has 116 valence electrons. The molecule has 8 heteroatoms. The van der Waals surface area contributed by atoms with Crippen LogP contribution in [0, 0.1) is 0 Å². The lowest BCUT2D eigenvalue weighted by Crippen LogP contribution is -2.49. The van der Waals surface area contributed by atoms with Crippen molar-refractivity contribution in [2.45, 2.75) is 26.3 Å². The summed E-state index contributed by atoms with van der Waals surface area (Å²) in [5, 5.41) is 11.5. The van der Waals surface area contributed by atoms with E-state index >= 15 is 0 Å². The Hall–Kier alpha value is -1.44. The lowest BCUT2D eigenvalue weighted by atomic mass is 10.2. The molecule has 0 spiro atoms. The number of hydrogen-bond donors (Lipinski definition) is 2. The molecule has 0 rings (SSSR count). The predicted molar refractivity (Wildman–Crippen MR) is 76.8 cm³/mol. The molecule has 7 nitrogen and oxygen atoms in total. The maximum atomic E-state index is 11.9. The molecule has 0 fully saturated rings. The first-order valence-corrected chi connectivity index (χ1v) is 7.78. The van der Waals surface area contributed by atoms with E-state index in [1.54, 1.807) is 13.8 Å². The topological polar surface area (TPSA) is 95.9 Å². The van der Waals surface area contributed by atoms with Crippen LogP contribution in [0.4, 0.5) is 4.79 Å². The van der Waals surface area contributed by atoms with Gasteiger partial charge >= 0.3 is 18.0 Å². The van der Waals surface area contributed by atoms with Crippen molar-refractivity contribution in [2.24, 2.45) is 0 Å². The third-order valence-electron chi connectivity index (χ3n) is 2.50. The van der Waals surface area contributed by atoms with Crippen LogP contribution in [0.5, 0.6) is 0 Å². The highest BCUT2D eigenvalue weighted by molar-refractivity contribution is 7.98. The van der Waals surface area contributed by atoms with Gasteiger partial charge in [0.25, 0.3) is 0 Å². The van der Waals surface area contributed by atoms with Gasteiger partial charge in [0.15, 0.2) is 0 Å². The monoisotopic (exact) mass is 306 g/mol. The van der Waals surface area contributed by atoms with Crippen molar-refractivity contribution in [1.82, 2.24) is 10.2 Å². The molecule has 0 aromatic rings. The van der Waals surface area contributed by atoms with Gasteiger partial charge in [-0.3, -0.25) is 4.79 Å². The van der Waals surface area contributed by atoms with Crippen molar-refractivity contribution in [2.75, 3.05) is 31.7 Å². The molecular weight excluding hydrogens is 284 g/mol. The first-order valence-electron chi connectivity index (χ1n) is 6.39. The van der Waals surface area contributed by atoms with Crippen LogP contribution in [-0.4, -0.2) is 65.7 Å². The van der Waals surface area contributed by atoms with Crippen LogP contribution >= 0.6 is 11.8 Å². The molecule has 0 bridgehead atoms. The zero-order chi connectivity index (χ0) is 15.5. The van der Waals surface area contributed by atoms with Crippen LogP contribution in [-0.2, 0) is 14.3 Å². The highest BCUT2D eigenvalue weighted by Crippen LogP contribution is 2.02. The molecule has 0 aromatic carbocycles. The van der Waals surface area contributed by atoms with E-state index in [9.17, 15) is 14.4 Å². The molecule has 0 radical (unpaired) electrons. The summed E-state index contributed by atoms with van der Waals surface area (Å²) in [6, 6.07) is -1.53. The smallest absolute Gasteiger partial charge is 0.326 e. The summed E-state index contributed by atoms with van der Waals surface area (Å²) in [5.41, 5.74) is 0. The number of nitrogens with zero attached hydrogens (tertiary/aromatic N) is 1. The number of carbonyl (C=O) groups is 3. The predicted octanol–water partition coefficient (Wildman–Crippen LogP) is 0.787. The summed E-state index contributed by atoms with van der Waals surface area (Å²) in [7, 11) is 0. The van der Waals surface area contributed by atoms with Gasteiger partial charge in [-0.05, 0) is 32.3 Å². The van der Waals surface area contributed by atoms with E-state index in [1.807, 2.05) is 6.26 Å². The second-order valence-electron chi connectivity index (χ2n) is 3.94. The second kappa shape index (κ2) is 10.4. The minimum absolute atomic E-state index is 0.189. The Bertz CT molecular complexity index is 338. The minimum atomic E-state index is -1.08. The lowest BCUT2D eigenvalue weighted by molar-refractivity contribution is -0.143. The summed E-state index contributed by atoms with van der Waals surface area (Å²) in [4.78, 5) is 35.5. The molecule has 0 aliphatic rings. The number of ether oxygens (including phenoxy) is 1. The van der Waals surface area contributed by atoms with Crippen molar-refractivity contribution in [3.63, 3.8) is 0 Å². The van der Waals surface area contributed by atoms with E-state index in [-0.39, 0.29) is 13.2 Å². The van der Waals surface area contributed by atoms with Gasteiger partial charge in [0.2, 0.25) is 0 Å². The molecule has 0 aromatic heterocycles. The number of aliphatic carboxylic acids is 1. The lowest BCUT2D eigenvalue weighted by Gasteiger charge is -2.23. The highest BCUT2D eigenvalue weighted by Gasteiger charge is 2.23. The zero-order valence-electron chi connectivity index (χ0n) is 12.0. The van der Waals surface area contributed by atoms with E-state index < -0.39 is 24.0 Å². The number of nitrogens with one attached hydrogen (secondary N) is 1. The van der Waals surface area contributed by atoms with Gasteiger partial charge in [0, 0.05) is 6.54 Å². The number of carbonyl (C=O) groups excluding carboxylic acids is 2. The third kappa shape index (κ3) is 7.22. The van der Waals surface area contributed by atoms with Crippen LogP contribution < -0.4 is 5.32 Å².